The van der Waals surface area contributed by atoms with Crippen molar-refractivity contribution < 1.29 is 9.47 Å². The van der Waals surface area contributed by atoms with Gasteiger partial charge in [0.15, 0.2) is 0 Å². The molecule has 6 heterocycles. The highest BCUT2D eigenvalue weighted by molar-refractivity contribution is 5.84. The standard InChI is InChI=1S/C44H39N12O2/c1-27-10-33-20-51-55(35-22-49-53(3)24-35)37(33)14-41(27)58-40-9-5-7-32-13-30(19-48-44(32)40)17-46-26-54-25-36(23-50-54)56-38-15-42(28(2)11-34(38)21-52-56)57-39-8-4-6-31-12-29(16-45)18-47-43(31)39/h10-15,18-25,39-40H,4-9,26H2,1-3H3/q+1/t39-,40+/m1/s1. The van der Waals surface area contributed by atoms with E-state index in [1.807, 2.05) is 66.5 Å². The predicted octanol–water partition coefficient (Wildman–Crippen LogP) is 7.82. The third-order valence-electron chi connectivity index (χ3n) is 11.1. The van der Waals surface area contributed by atoms with E-state index < -0.39 is 0 Å². The van der Waals surface area contributed by atoms with E-state index in [1.165, 1.54) is 0 Å². The summed E-state index contributed by atoms with van der Waals surface area (Å²) in [6, 6.07) is 17.7. The summed E-state index contributed by atoms with van der Waals surface area (Å²) in [4.78, 5) is 14.1. The molecule has 0 N–H and O–H groups in total. The van der Waals surface area contributed by atoms with E-state index in [0.717, 1.165) is 122 Å². The monoisotopic (exact) mass is 767 g/mol. The first-order valence-electron chi connectivity index (χ1n) is 19.5. The Bertz CT molecular complexity index is 2990. The van der Waals surface area contributed by atoms with Crippen LogP contribution in [0, 0.1) is 31.2 Å². The zero-order valence-corrected chi connectivity index (χ0v) is 32.4. The lowest BCUT2D eigenvalue weighted by Gasteiger charge is -2.26. The Hall–Kier alpha value is -7.32. The number of nitrogens with zero attached hydrogens (tertiary/aromatic N) is 12. The Morgan fingerprint density at radius 2 is 1.26 bits per heavy atom. The molecule has 0 saturated carbocycles. The molecule has 14 nitrogen and oxygen atoms in total. The van der Waals surface area contributed by atoms with Crippen LogP contribution in [0.2, 0.25) is 0 Å². The summed E-state index contributed by atoms with van der Waals surface area (Å²) in [6.45, 7) is 4.40. The predicted molar refractivity (Wildman–Crippen MR) is 216 cm³/mol. The molecule has 2 aromatic carbocycles. The minimum Gasteiger partial charge on any atom is -0.484 e. The van der Waals surface area contributed by atoms with Crippen LogP contribution >= 0.6 is 0 Å². The van der Waals surface area contributed by atoms with Gasteiger partial charge in [0.25, 0.3) is 0 Å². The van der Waals surface area contributed by atoms with Gasteiger partial charge in [-0.05, 0) is 98.9 Å². The molecule has 0 spiro atoms. The van der Waals surface area contributed by atoms with Gasteiger partial charge in [0, 0.05) is 42.3 Å². The van der Waals surface area contributed by atoms with Crippen molar-refractivity contribution >= 4 is 21.8 Å². The van der Waals surface area contributed by atoms with Gasteiger partial charge in [0.05, 0.1) is 65.2 Å². The molecule has 0 unspecified atom stereocenters. The van der Waals surface area contributed by atoms with Crippen LogP contribution in [0.1, 0.15) is 82.7 Å². The maximum Gasteiger partial charge on any atom is 0.357 e. The van der Waals surface area contributed by atoms with Crippen LogP contribution in [0.5, 0.6) is 11.5 Å². The van der Waals surface area contributed by atoms with E-state index in [0.29, 0.717) is 5.56 Å². The molecule has 14 heteroatoms. The van der Waals surface area contributed by atoms with Gasteiger partial charge in [0.2, 0.25) is 0 Å². The molecule has 58 heavy (non-hydrogen) atoms. The first kappa shape index (κ1) is 35.1. The van der Waals surface area contributed by atoms with Crippen LogP contribution in [-0.2, 0) is 26.6 Å². The van der Waals surface area contributed by atoms with Crippen molar-refractivity contribution in [1.29, 1.82) is 5.26 Å². The van der Waals surface area contributed by atoms with E-state index in [9.17, 15) is 5.26 Å². The van der Waals surface area contributed by atoms with E-state index in [2.05, 4.69) is 68.5 Å². The summed E-state index contributed by atoms with van der Waals surface area (Å²) in [5.41, 5.74) is 11.1. The van der Waals surface area contributed by atoms with Gasteiger partial charge < -0.3 is 9.47 Å². The number of fused-ring (bicyclic) bond motifs is 4. The zero-order valence-electron chi connectivity index (χ0n) is 32.4. The second kappa shape index (κ2) is 14.3. The average molecular weight is 768 g/mol. The minimum atomic E-state index is -0.179. The summed E-state index contributed by atoms with van der Waals surface area (Å²) in [6.07, 6.45) is 19.8. The lowest BCUT2D eigenvalue weighted by molar-refractivity contribution is 0.177. The molecule has 0 amide bonds. The second-order valence-electron chi connectivity index (χ2n) is 15.1. The van der Waals surface area contributed by atoms with E-state index in [4.69, 9.17) is 19.6 Å². The first-order chi connectivity index (χ1) is 28.4. The normalized spacial score (nSPS) is 16.0. The van der Waals surface area contributed by atoms with Crippen molar-refractivity contribution in [2.24, 2.45) is 7.05 Å². The lowest BCUT2D eigenvalue weighted by Crippen LogP contribution is -2.17. The molecule has 0 radical (unpaired) electrons. The number of ether oxygens (including phenoxy) is 2. The molecule has 0 aliphatic heterocycles. The molecule has 2 aliphatic rings. The third-order valence-corrected chi connectivity index (χ3v) is 11.1. The molecule has 286 valence electrons. The molecule has 2 aliphatic carbocycles. The van der Waals surface area contributed by atoms with Crippen molar-refractivity contribution in [3.05, 3.63) is 136 Å². The summed E-state index contributed by atoms with van der Waals surface area (Å²) in [5.74, 6) is 1.60. The first-order valence-corrected chi connectivity index (χ1v) is 19.5. The fourth-order valence-corrected chi connectivity index (χ4v) is 8.17. The van der Waals surface area contributed by atoms with Gasteiger partial charge in [-0.2, -0.15) is 30.3 Å². The minimum absolute atomic E-state index is 0.159. The Kier molecular flexibility index (Phi) is 8.67. The average Bonchev–Trinajstić information content (AvgIpc) is 4.05. The van der Waals surface area contributed by atoms with Crippen molar-refractivity contribution in [2.75, 3.05) is 0 Å². The number of aryl methyl sites for hydroxylation is 5. The van der Waals surface area contributed by atoms with Gasteiger partial charge in [-0.3, -0.25) is 14.6 Å². The number of nitriles is 1. The van der Waals surface area contributed by atoms with Crippen molar-refractivity contribution in [2.45, 2.75) is 71.2 Å². The number of hydrogen-bond acceptors (Lipinski definition) is 9. The molecule has 0 saturated heterocycles. The fraction of sp³-hybridized carbons (Fsp3) is 0.273. The lowest BCUT2D eigenvalue weighted by atomic mass is 9.92. The van der Waals surface area contributed by atoms with Crippen LogP contribution in [0.25, 0.3) is 38.0 Å². The van der Waals surface area contributed by atoms with Crippen LogP contribution in [0.3, 0.4) is 0 Å². The topological polar surface area (TPSA) is 144 Å². The molecule has 0 bridgehead atoms. The maximum absolute atomic E-state index is 9.34. The van der Waals surface area contributed by atoms with Crippen LogP contribution in [0.4, 0.5) is 0 Å². The summed E-state index contributed by atoms with van der Waals surface area (Å²) in [7, 11) is 1.90. The molecule has 8 aromatic rings. The zero-order chi connectivity index (χ0) is 39.3. The summed E-state index contributed by atoms with van der Waals surface area (Å²) in [5, 5.41) is 29.6. The number of rotatable bonds is 7. The van der Waals surface area contributed by atoms with Crippen LogP contribution < -0.4 is 9.47 Å². The van der Waals surface area contributed by atoms with Crippen molar-refractivity contribution in [1.82, 2.24) is 49.1 Å². The smallest absolute Gasteiger partial charge is 0.357 e. The summed E-state index contributed by atoms with van der Waals surface area (Å²) >= 11 is 0. The van der Waals surface area contributed by atoms with Gasteiger partial charge in [-0.25, -0.2) is 9.36 Å². The molecule has 0 fully saturated rings. The number of aromatic nitrogens is 10. The summed E-state index contributed by atoms with van der Waals surface area (Å²) < 4.78 is 20.6. The highest BCUT2D eigenvalue weighted by Gasteiger charge is 2.27. The quantitative estimate of drug-likeness (QED) is 0.159. The Morgan fingerprint density at radius 3 is 1.84 bits per heavy atom. The molecule has 2 atom stereocenters. The third kappa shape index (κ3) is 6.48. The number of hydrogen-bond donors (Lipinski definition) is 0. The van der Waals surface area contributed by atoms with Crippen molar-refractivity contribution in [3.63, 3.8) is 0 Å². The number of benzene rings is 2. The van der Waals surface area contributed by atoms with E-state index in [-0.39, 0.29) is 18.9 Å². The SMILES string of the molecule is Cc1cc2cnn(-c3cnn(C)c3)c2cc1O[C@H]1CCCc2cc(C#[N+]Cn3cc(-n4ncc5cc(C)c(O[C@@H]6CCCc7cc(C#N)cnc76)cc54)cn3)cnc21. The Morgan fingerprint density at radius 1 is 0.690 bits per heavy atom. The van der Waals surface area contributed by atoms with E-state index >= 15 is 0 Å². The van der Waals surface area contributed by atoms with Gasteiger partial charge in [-0.15, -0.1) is 0 Å². The van der Waals surface area contributed by atoms with Gasteiger partial charge in [0.1, 0.15) is 46.7 Å². The number of pyridine rings is 2. The highest BCUT2D eigenvalue weighted by atomic mass is 16.5. The van der Waals surface area contributed by atoms with Crippen LogP contribution in [-0.4, -0.2) is 49.1 Å². The van der Waals surface area contributed by atoms with Crippen molar-refractivity contribution in [3.8, 4) is 35.0 Å². The molecule has 10 rings (SSSR count). The largest absolute Gasteiger partial charge is 0.484 e. The Labute approximate surface area is 333 Å². The molecular formula is C44H39N12O2+. The molecule has 6 aromatic heterocycles. The fourth-order valence-electron chi connectivity index (χ4n) is 8.17. The molecular weight excluding hydrogens is 729 g/mol. The van der Waals surface area contributed by atoms with Gasteiger partial charge >= 0.3 is 12.7 Å². The van der Waals surface area contributed by atoms with E-state index in [1.54, 1.807) is 28.0 Å². The maximum atomic E-state index is 9.34. The Balaban J connectivity index is 0.836. The van der Waals surface area contributed by atoms with Crippen LogP contribution in [0.15, 0.2) is 86.0 Å². The van der Waals surface area contributed by atoms with Gasteiger partial charge in [-0.1, -0.05) is 4.85 Å². The highest BCUT2D eigenvalue weighted by Crippen LogP contribution is 2.37. The second-order valence-corrected chi connectivity index (χ2v) is 15.1.